The molecule has 1 aromatic rings. The first-order valence-electron chi connectivity index (χ1n) is 9.93. The average Bonchev–Trinajstić information content (AvgIpc) is 3.49. The molecular formula is C21H27FN2O2. The number of amides is 2. The average molecular weight is 358 g/mol. The standard InChI is InChI=1S/C21H27FN2O2/c22-19-4-2-1-3-16(19)13-15-9-11-23(12-10-15)21(26)17-5-8-20(25)24(14-17)18-6-7-18/h1-4,15,17-18H,5-14H2/t17-/m1/s1. The minimum atomic E-state index is -0.127. The fraction of sp³-hybridized carbons (Fsp3) is 0.619. The van der Waals surface area contributed by atoms with E-state index in [0.717, 1.165) is 50.8 Å². The lowest BCUT2D eigenvalue weighted by Crippen LogP contribution is -2.49. The molecule has 3 aliphatic rings. The van der Waals surface area contributed by atoms with Gasteiger partial charge in [0.15, 0.2) is 0 Å². The second kappa shape index (κ2) is 7.37. The van der Waals surface area contributed by atoms with Gasteiger partial charge in [-0.1, -0.05) is 18.2 Å². The third-order valence-electron chi connectivity index (χ3n) is 6.17. The van der Waals surface area contributed by atoms with Crippen molar-refractivity contribution in [2.45, 2.75) is 51.0 Å². The summed E-state index contributed by atoms with van der Waals surface area (Å²) in [6.07, 6.45) is 5.99. The van der Waals surface area contributed by atoms with Gasteiger partial charge in [-0.25, -0.2) is 4.39 Å². The van der Waals surface area contributed by atoms with Gasteiger partial charge in [0.2, 0.25) is 11.8 Å². The lowest BCUT2D eigenvalue weighted by Gasteiger charge is -2.38. The first kappa shape index (κ1) is 17.5. The van der Waals surface area contributed by atoms with Crippen LogP contribution in [0.5, 0.6) is 0 Å². The summed E-state index contributed by atoms with van der Waals surface area (Å²) >= 11 is 0. The van der Waals surface area contributed by atoms with Crippen LogP contribution < -0.4 is 0 Å². The molecule has 1 aromatic carbocycles. The summed E-state index contributed by atoms with van der Waals surface area (Å²) in [6.45, 7) is 2.12. The van der Waals surface area contributed by atoms with Crippen LogP contribution in [0, 0.1) is 17.7 Å². The highest BCUT2D eigenvalue weighted by atomic mass is 19.1. The SMILES string of the molecule is O=C([C@@H]1CCC(=O)N(C2CC2)C1)N1CCC(Cc2ccccc2F)CC1. The molecular weight excluding hydrogens is 331 g/mol. The molecule has 1 aliphatic carbocycles. The van der Waals surface area contributed by atoms with Gasteiger partial charge in [0.25, 0.3) is 0 Å². The summed E-state index contributed by atoms with van der Waals surface area (Å²) in [5, 5.41) is 0. The molecule has 2 aliphatic heterocycles. The quantitative estimate of drug-likeness (QED) is 0.830. The van der Waals surface area contributed by atoms with Crippen molar-refractivity contribution in [1.82, 2.24) is 9.80 Å². The van der Waals surface area contributed by atoms with Gasteiger partial charge in [-0.05, 0) is 56.1 Å². The predicted molar refractivity (Wildman–Crippen MR) is 96.9 cm³/mol. The van der Waals surface area contributed by atoms with Crippen molar-refractivity contribution in [3.63, 3.8) is 0 Å². The molecule has 0 radical (unpaired) electrons. The monoisotopic (exact) mass is 358 g/mol. The van der Waals surface area contributed by atoms with Crippen LogP contribution in [0.1, 0.15) is 44.1 Å². The van der Waals surface area contributed by atoms with E-state index < -0.39 is 0 Å². The number of rotatable bonds is 4. The number of carbonyl (C=O) groups is 2. The van der Waals surface area contributed by atoms with Crippen LogP contribution in [0.15, 0.2) is 24.3 Å². The molecule has 5 heteroatoms. The summed E-state index contributed by atoms with van der Waals surface area (Å²) in [5.41, 5.74) is 0.781. The van der Waals surface area contributed by atoms with E-state index in [1.54, 1.807) is 6.07 Å². The van der Waals surface area contributed by atoms with E-state index in [-0.39, 0.29) is 23.5 Å². The molecule has 0 aromatic heterocycles. The van der Waals surface area contributed by atoms with Gasteiger partial charge < -0.3 is 9.80 Å². The van der Waals surface area contributed by atoms with Crippen molar-refractivity contribution in [3.8, 4) is 0 Å². The number of carbonyl (C=O) groups excluding carboxylic acids is 2. The van der Waals surface area contributed by atoms with Crippen LogP contribution in [-0.4, -0.2) is 47.3 Å². The van der Waals surface area contributed by atoms with Crippen molar-refractivity contribution in [3.05, 3.63) is 35.6 Å². The number of likely N-dealkylation sites (tertiary alicyclic amines) is 2. The van der Waals surface area contributed by atoms with Crippen LogP contribution in [0.25, 0.3) is 0 Å². The van der Waals surface area contributed by atoms with Crippen LogP contribution >= 0.6 is 0 Å². The number of halogens is 1. The maximum atomic E-state index is 13.8. The summed E-state index contributed by atoms with van der Waals surface area (Å²) in [5.74, 6) is 0.717. The number of nitrogens with zero attached hydrogens (tertiary/aromatic N) is 2. The Morgan fingerprint density at radius 2 is 1.81 bits per heavy atom. The smallest absolute Gasteiger partial charge is 0.227 e. The van der Waals surface area contributed by atoms with E-state index in [9.17, 15) is 14.0 Å². The zero-order chi connectivity index (χ0) is 18.1. The third-order valence-corrected chi connectivity index (χ3v) is 6.17. The molecule has 4 nitrogen and oxygen atoms in total. The Morgan fingerprint density at radius 1 is 1.08 bits per heavy atom. The molecule has 1 atom stereocenters. The molecule has 0 bridgehead atoms. The molecule has 4 rings (SSSR count). The van der Waals surface area contributed by atoms with E-state index in [4.69, 9.17) is 0 Å². The Morgan fingerprint density at radius 3 is 2.50 bits per heavy atom. The molecule has 0 unspecified atom stereocenters. The van der Waals surface area contributed by atoms with E-state index in [0.29, 0.717) is 31.3 Å². The predicted octanol–water partition coefficient (Wildman–Crippen LogP) is 3.01. The molecule has 3 fully saturated rings. The maximum absolute atomic E-state index is 13.8. The molecule has 0 N–H and O–H groups in total. The summed E-state index contributed by atoms with van der Waals surface area (Å²) < 4.78 is 13.8. The zero-order valence-corrected chi connectivity index (χ0v) is 15.2. The van der Waals surface area contributed by atoms with E-state index in [1.165, 1.54) is 6.07 Å². The van der Waals surface area contributed by atoms with Crippen LogP contribution in [0.4, 0.5) is 4.39 Å². The van der Waals surface area contributed by atoms with Crippen molar-refractivity contribution in [2.24, 2.45) is 11.8 Å². The second-order valence-corrected chi connectivity index (χ2v) is 8.08. The van der Waals surface area contributed by atoms with Gasteiger partial charge in [0.05, 0.1) is 5.92 Å². The number of piperidine rings is 2. The summed E-state index contributed by atoms with van der Waals surface area (Å²) in [4.78, 5) is 28.8. The van der Waals surface area contributed by atoms with E-state index >= 15 is 0 Å². The molecule has 0 spiro atoms. The van der Waals surface area contributed by atoms with Crippen molar-refractivity contribution >= 4 is 11.8 Å². The maximum Gasteiger partial charge on any atom is 0.227 e. The molecule has 2 saturated heterocycles. The highest BCUT2D eigenvalue weighted by Gasteiger charge is 2.40. The largest absolute Gasteiger partial charge is 0.342 e. The third kappa shape index (κ3) is 3.76. The molecule has 2 amide bonds. The summed E-state index contributed by atoms with van der Waals surface area (Å²) in [6, 6.07) is 7.37. The number of hydrogen-bond donors (Lipinski definition) is 0. The number of benzene rings is 1. The Bertz CT molecular complexity index is 680. The van der Waals surface area contributed by atoms with Crippen molar-refractivity contribution in [1.29, 1.82) is 0 Å². The first-order valence-corrected chi connectivity index (χ1v) is 9.93. The minimum Gasteiger partial charge on any atom is -0.342 e. The Labute approximate surface area is 154 Å². The normalized spacial score (nSPS) is 24.8. The summed E-state index contributed by atoms with van der Waals surface area (Å²) in [7, 11) is 0. The number of hydrogen-bond acceptors (Lipinski definition) is 2. The molecule has 26 heavy (non-hydrogen) atoms. The van der Waals surface area contributed by atoms with Crippen molar-refractivity contribution in [2.75, 3.05) is 19.6 Å². The Balaban J connectivity index is 1.29. The van der Waals surface area contributed by atoms with Gasteiger partial charge in [-0.2, -0.15) is 0 Å². The lowest BCUT2D eigenvalue weighted by atomic mass is 9.88. The topological polar surface area (TPSA) is 40.6 Å². The lowest BCUT2D eigenvalue weighted by molar-refractivity contribution is -0.144. The van der Waals surface area contributed by atoms with Crippen LogP contribution in [0.2, 0.25) is 0 Å². The zero-order valence-electron chi connectivity index (χ0n) is 15.2. The van der Waals surface area contributed by atoms with Gasteiger partial charge in [0.1, 0.15) is 5.82 Å². The highest BCUT2D eigenvalue weighted by Crippen LogP contribution is 2.33. The first-order chi connectivity index (χ1) is 12.6. The Hall–Kier alpha value is -1.91. The van der Waals surface area contributed by atoms with Gasteiger partial charge >= 0.3 is 0 Å². The highest BCUT2D eigenvalue weighted by molar-refractivity contribution is 5.84. The minimum absolute atomic E-state index is 0.0311. The Kier molecular flexibility index (Phi) is 4.96. The van der Waals surface area contributed by atoms with E-state index in [1.807, 2.05) is 21.9 Å². The van der Waals surface area contributed by atoms with Crippen LogP contribution in [-0.2, 0) is 16.0 Å². The molecule has 2 heterocycles. The molecule has 1 saturated carbocycles. The van der Waals surface area contributed by atoms with Crippen molar-refractivity contribution < 1.29 is 14.0 Å². The molecule has 140 valence electrons. The van der Waals surface area contributed by atoms with Gasteiger partial charge in [-0.3, -0.25) is 9.59 Å². The van der Waals surface area contributed by atoms with Crippen LogP contribution in [0.3, 0.4) is 0 Å². The fourth-order valence-electron chi connectivity index (χ4n) is 4.40. The van der Waals surface area contributed by atoms with Gasteiger partial charge in [-0.15, -0.1) is 0 Å². The fourth-order valence-corrected chi connectivity index (χ4v) is 4.40. The van der Waals surface area contributed by atoms with Gasteiger partial charge in [0, 0.05) is 32.1 Å². The van der Waals surface area contributed by atoms with E-state index in [2.05, 4.69) is 0 Å². The second-order valence-electron chi connectivity index (χ2n) is 8.08.